The number of hydrogen-bond donors (Lipinski definition) is 1. The number of ether oxygens (including phenoxy) is 2. The van der Waals surface area contributed by atoms with Gasteiger partial charge in [-0.1, -0.05) is 19.0 Å². The molecule has 7 nitrogen and oxygen atoms in total. The van der Waals surface area contributed by atoms with Crippen molar-refractivity contribution in [3.8, 4) is 11.5 Å². The van der Waals surface area contributed by atoms with Crippen molar-refractivity contribution in [2.45, 2.75) is 39.2 Å². The van der Waals surface area contributed by atoms with Crippen molar-refractivity contribution in [3.05, 3.63) is 41.3 Å². The molecular formula is C19H22N2O5. The van der Waals surface area contributed by atoms with Gasteiger partial charge in [0.2, 0.25) is 5.91 Å². The van der Waals surface area contributed by atoms with Gasteiger partial charge in [-0.2, -0.15) is 0 Å². The van der Waals surface area contributed by atoms with Gasteiger partial charge in [-0.15, -0.1) is 0 Å². The highest BCUT2D eigenvalue weighted by Crippen LogP contribution is 2.31. The summed E-state index contributed by atoms with van der Waals surface area (Å²) in [6.07, 6.45) is 0.234. The van der Waals surface area contributed by atoms with E-state index in [0.29, 0.717) is 36.0 Å². The Labute approximate surface area is 151 Å². The summed E-state index contributed by atoms with van der Waals surface area (Å²) in [6, 6.07) is 6.90. The lowest BCUT2D eigenvalue weighted by molar-refractivity contribution is -0.121. The Morgan fingerprint density at radius 2 is 1.88 bits per heavy atom. The molecule has 0 bridgehead atoms. The van der Waals surface area contributed by atoms with Crippen LogP contribution in [-0.2, 0) is 11.3 Å². The molecule has 0 atom stereocenters. The van der Waals surface area contributed by atoms with E-state index in [4.69, 9.17) is 14.0 Å². The predicted octanol–water partition coefficient (Wildman–Crippen LogP) is 2.85. The summed E-state index contributed by atoms with van der Waals surface area (Å²) in [7, 11) is 0. The minimum Gasteiger partial charge on any atom is -0.486 e. The lowest BCUT2D eigenvalue weighted by atomic mass is 10.1. The molecule has 0 radical (unpaired) electrons. The van der Waals surface area contributed by atoms with Gasteiger partial charge in [0.05, 0.1) is 12.2 Å². The average Bonchev–Trinajstić information content (AvgIpc) is 3.13. The minimum absolute atomic E-state index is 0.110. The Balaban J connectivity index is 1.47. The Bertz CT molecular complexity index is 797. The Hall–Kier alpha value is -2.83. The van der Waals surface area contributed by atoms with Crippen LogP contribution in [0.4, 0.5) is 0 Å². The Morgan fingerprint density at radius 1 is 1.12 bits per heavy atom. The van der Waals surface area contributed by atoms with E-state index in [0.717, 1.165) is 5.69 Å². The zero-order valence-electron chi connectivity index (χ0n) is 14.9. The molecule has 1 aliphatic heterocycles. The fourth-order valence-corrected chi connectivity index (χ4v) is 2.55. The maximum Gasteiger partial charge on any atom is 0.220 e. The molecule has 0 spiro atoms. The molecule has 0 saturated carbocycles. The van der Waals surface area contributed by atoms with Gasteiger partial charge < -0.3 is 19.3 Å². The molecule has 0 aliphatic carbocycles. The zero-order valence-corrected chi connectivity index (χ0v) is 14.9. The number of benzene rings is 1. The monoisotopic (exact) mass is 358 g/mol. The first-order valence-electron chi connectivity index (χ1n) is 8.68. The number of carbonyl (C=O) groups excluding carboxylic acids is 2. The SMILES string of the molecule is CC(C)c1cc(CNC(=O)CCC(=O)c2ccc3c(c2)OCCO3)on1. The average molecular weight is 358 g/mol. The van der Waals surface area contributed by atoms with E-state index in [2.05, 4.69) is 10.5 Å². The number of ketones is 1. The number of fused-ring (bicyclic) bond motifs is 1. The van der Waals surface area contributed by atoms with E-state index in [9.17, 15) is 9.59 Å². The maximum absolute atomic E-state index is 12.3. The van der Waals surface area contributed by atoms with Crippen molar-refractivity contribution >= 4 is 11.7 Å². The third-order valence-electron chi connectivity index (χ3n) is 4.07. The van der Waals surface area contributed by atoms with Crippen molar-refractivity contribution in [2.75, 3.05) is 13.2 Å². The molecule has 1 amide bonds. The fraction of sp³-hybridized carbons (Fsp3) is 0.421. The number of Topliss-reactive ketones (excluding diaryl/α,β-unsaturated/α-hetero) is 1. The first-order chi connectivity index (χ1) is 12.5. The van der Waals surface area contributed by atoms with Gasteiger partial charge in [0.15, 0.2) is 23.0 Å². The summed E-state index contributed by atoms with van der Waals surface area (Å²) in [5.74, 6) is 1.75. The normalized spacial score (nSPS) is 12.9. The van der Waals surface area contributed by atoms with Gasteiger partial charge in [0.1, 0.15) is 13.2 Å². The van der Waals surface area contributed by atoms with Gasteiger partial charge in [0.25, 0.3) is 0 Å². The van der Waals surface area contributed by atoms with Gasteiger partial charge >= 0.3 is 0 Å². The van der Waals surface area contributed by atoms with Crippen LogP contribution in [0.15, 0.2) is 28.8 Å². The number of hydrogen-bond acceptors (Lipinski definition) is 6. The first kappa shape index (κ1) is 18.0. The van der Waals surface area contributed by atoms with Crippen molar-refractivity contribution in [3.63, 3.8) is 0 Å². The third-order valence-corrected chi connectivity index (χ3v) is 4.07. The van der Waals surface area contributed by atoms with Gasteiger partial charge in [0, 0.05) is 24.5 Å². The van der Waals surface area contributed by atoms with Crippen LogP contribution in [0.25, 0.3) is 0 Å². The lowest BCUT2D eigenvalue weighted by Gasteiger charge is -2.18. The van der Waals surface area contributed by atoms with Crippen LogP contribution in [0.2, 0.25) is 0 Å². The largest absolute Gasteiger partial charge is 0.486 e. The number of rotatable bonds is 7. The van der Waals surface area contributed by atoms with Gasteiger partial charge in [-0.25, -0.2) is 0 Å². The van der Waals surface area contributed by atoms with E-state index in [1.807, 2.05) is 19.9 Å². The summed E-state index contributed by atoms with van der Waals surface area (Å²) >= 11 is 0. The number of nitrogens with one attached hydrogen (secondary N) is 1. The smallest absolute Gasteiger partial charge is 0.220 e. The highest BCUT2D eigenvalue weighted by molar-refractivity contribution is 5.98. The first-order valence-corrected chi connectivity index (χ1v) is 8.68. The summed E-state index contributed by atoms with van der Waals surface area (Å²) in [6.45, 7) is 5.27. The predicted molar refractivity (Wildman–Crippen MR) is 93.4 cm³/mol. The highest BCUT2D eigenvalue weighted by atomic mass is 16.6. The van der Waals surface area contributed by atoms with Gasteiger partial charge in [-0.05, 0) is 24.1 Å². The van der Waals surface area contributed by atoms with E-state index >= 15 is 0 Å². The van der Waals surface area contributed by atoms with Crippen LogP contribution in [0.3, 0.4) is 0 Å². The minimum atomic E-state index is -0.210. The Kier molecular flexibility index (Phi) is 5.55. The van der Waals surface area contributed by atoms with E-state index < -0.39 is 0 Å². The molecule has 1 N–H and O–H groups in total. The molecule has 1 aromatic heterocycles. The molecule has 2 heterocycles. The molecule has 3 rings (SSSR count). The third kappa shape index (κ3) is 4.41. The maximum atomic E-state index is 12.3. The van der Waals surface area contributed by atoms with E-state index in [1.165, 1.54) is 0 Å². The molecule has 0 unspecified atom stereocenters. The summed E-state index contributed by atoms with van der Waals surface area (Å²) in [5.41, 5.74) is 1.36. The van der Waals surface area contributed by atoms with Crippen molar-refractivity contribution in [1.82, 2.24) is 10.5 Å². The number of nitrogens with zero attached hydrogens (tertiary/aromatic N) is 1. The number of amides is 1. The van der Waals surface area contributed by atoms with Crippen LogP contribution in [0.1, 0.15) is 54.4 Å². The molecule has 1 aromatic carbocycles. The quantitative estimate of drug-likeness (QED) is 0.766. The molecule has 7 heteroatoms. The second-order valence-electron chi connectivity index (χ2n) is 6.43. The van der Waals surface area contributed by atoms with Crippen LogP contribution in [0, 0.1) is 0 Å². The van der Waals surface area contributed by atoms with Crippen LogP contribution in [0.5, 0.6) is 11.5 Å². The molecule has 26 heavy (non-hydrogen) atoms. The summed E-state index contributed by atoms with van der Waals surface area (Å²) < 4.78 is 16.1. The van der Waals surface area contributed by atoms with E-state index in [1.54, 1.807) is 18.2 Å². The molecule has 1 aliphatic rings. The Morgan fingerprint density at radius 3 is 2.62 bits per heavy atom. The van der Waals surface area contributed by atoms with E-state index in [-0.39, 0.29) is 37.0 Å². The molecule has 2 aromatic rings. The zero-order chi connectivity index (χ0) is 18.5. The lowest BCUT2D eigenvalue weighted by Crippen LogP contribution is -2.23. The van der Waals surface area contributed by atoms with Crippen molar-refractivity contribution in [1.29, 1.82) is 0 Å². The van der Waals surface area contributed by atoms with Gasteiger partial charge in [-0.3, -0.25) is 9.59 Å². The standard InChI is InChI=1S/C19H22N2O5/c1-12(2)15-10-14(26-21-15)11-20-19(23)6-4-16(22)13-3-5-17-18(9-13)25-8-7-24-17/h3,5,9-10,12H,4,6-8,11H2,1-2H3,(H,20,23). The molecule has 0 saturated heterocycles. The van der Waals surface area contributed by atoms with Crippen LogP contribution < -0.4 is 14.8 Å². The molecule has 138 valence electrons. The second kappa shape index (κ2) is 8.03. The van der Waals surface area contributed by atoms with Crippen LogP contribution >= 0.6 is 0 Å². The molecular weight excluding hydrogens is 336 g/mol. The molecule has 0 fully saturated rings. The fourth-order valence-electron chi connectivity index (χ4n) is 2.55. The highest BCUT2D eigenvalue weighted by Gasteiger charge is 2.16. The summed E-state index contributed by atoms with van der Waals surface area (Å²) in [4.78, 5) is 24.2. The number of carbonyl (C=O) groups is 2. The number of aromatic nitrogens is 1. The second-order valence-corrected chi connectivity index (χ2v) is 6.43. The van der Waals surface area contributed by atoms with Crippen molar-refractivity contribution in [2.24, 2.45) is 0 Å². The summed E-state index contributed by atoms with van der Waals surface area (Å²) in [5, 5.41) is 6.68. The van der Waals surface area contributed by atoms with Crippen LogP contribution in [-0.4, -0.2) is 30.1 Å². The van der Waals surface area contributed by atoms with Crippen molar-refractivity contribution < 1.29 is 23.6 Å². The topological polar surface area (TPSA) is 90.7 Å².